The number of ether oxygens (including phenoxy) is 1. The van der Waals surface area contributed by atoms with Crippen molar-refractivity contribution in [3.8, 4) is 0 Å². The number of rotatable bonds is 8. The molecular weight excluding hydrogens is 216 g/mol. The van der Waals surface area contributed by atoms with Crippen LogP contribution in [0.25, 0.3) is 0 Å². The molecule has 1 saturated heterocycles. The maximum Gasteiger partial charge on any atom is 0.0897 e. The predicted molar refractivity (Wildman–Crippen MR) is 70.2 cm³/mol. The van der Waals surface area contributed by atoms with Gasteiger partial charge in [-0.05, 0) is 51.9 Å². The van der Waals surface area contributed by atoms with E-state index in [1.165, 1.54) is 32.5 Å². The third-order valence-electron chi connectivity index (χ3n) is 3.48. The summed E-state index contributed by atoms with van der Waals surface area (Å²) in [5.74, 6) is 0.775. The maximum atomic E-state index is 9.59. The lowest BCUT2D eigenvalue weighted by Gasteiger charge is -2.31. The highest BCUT2D eigenvalue weighted by atomic mass is 16.5. The normalized spacial score (nSPS) is 20.6. The highest BCUT2D eigenvalue weighted by Crippen LogP contribution is 2.15. The van der Waals surface area contributed by atoms with Gasteiger partial charge in [-0.1, -0.05) is 6.92 Å². The smallest absolute Gasteiger partial charge is 0.0897 e. The number of aliphatic hydroxyl groups is 1. The van der Waals surface area contributed by atoms with Gasteiger partial charge in [0.15, 0.2) is 0 Å². The zero-order valence-corrected chi connectivity index (χ0v) is 11.3. The Balaban J connectivity index is 1.99. The Morgan fingerprint density at radius 3 is 2.65 bits per heavy atom. The van der Waals surface area contributed by atoms with Crippen molar-refractivity contribution in [1.29, 1.82) is 0 Å². The predicted octanol–water partition coefficient (Wildman–Crippen LogP) is 0.705. The molecule has 0 spiro atoms. The molecule has 102 valence electrons. The van der Waals surface area contributed by atoms with Crippen LogP contribution in [0.2, 0.25) is 0 Å². The molecule has 2 N–H and O–H groups in total. The fraction of sp³-hybridized carbons (Fsp3) is 1.00. The molecule has 1 atom stereocenters. The highest BCUT2D eigenvalue weighted by Gasteiger charge is 2.17. The first-order valence-corrected chi connectivity index (χ1v) is 6.95. The van der Waals surface area contributed by atoms with Gasteiger partial charge in [0.05, 0.1) is 12.7 Å². The van der Waals surface area contributed by atoms with E-state index in [1.807, 2.05) is 6.92 Å². The van der Waals surface area contributed by atoms with Gasteiger partial charge >= 0.3 is 0 Å². The molecule has 1 aliphatic heterocycles. The summed E-state index contributed by atoms with van der Waals surface area (Å²) in [6.07, 6.45) is 2.19. The van der Waals surface area contributed by atoms with Crippen LogP contribution >= 0.6 is 0 Å². The van der Waals surface area contributed by atoms with Gasteiger partial charge in [0.1, 0.15) is 0 Å². The van der Waals surface area contributed by atoms with Gasteiger partial charge in [0.25, 0.3) is 0 Å². The Labute approximate surface area is 105 Å². The Morgan fingerprint density at radius 1 is 1.35 bits per heavy atom. The molecule has 1 aliphatic rings. The molecule has 4 nitrogen and oxygen atoms in total. The summed E-state index contributed by atoms with van der Waals surface area (Å²) < 4.78 is 5.17. The number of piperidine rings is 1. The van der Waals surface area contributed by atoms with Crippen LogP contribution in [0.15, 0.2) is 0 Å². The second-order valence-electron chi connectivity index (χ2n) is 4.85. The Kier molecular flexibility index (Phi) is 7.77. The van der Waals surface area contributed by atoms with E-state index in [1.54, 1.807) is 0 Å². The van der Waals surface area contributed by atoms with Gasteiger partial charge < -0.3 is 20.1 Å². The van der Waals surface area contributed by atoms with E-state index in [2.05, 4.69) is 17.1 Å². The summed E-state index contributed by atoms with van der Waals surface area (Å²) in [5.41, 5.74) is 0. The molecule has 0 aromatic carbocycles. The van der Waals surface area contributed by atoms with Crippen molar-refractivity contribution in [3.63, 3.8) is 0 Å². The lowest BCUT2D eigenvalue weighted by Crippen LogP contribution is -2.39. The van der Waals surface area contributed by atoms with Gasteiger partial charge in [0.2, 0.25) is 0 Å². The number of likely N-dealkylation sites (tertiary alicyclic amines) is 1. The topological polar surface area (TPSA) is 44.7 Å². The van der Waals surface area contributed by atoms with Gasteiger partial charge in [-0.25, -0.2) is 0 Å². The molecule has 0 bridgehead atoms. The average molecular weight is 244 g/mol. The number of nitrogens with zero attached hydrogens (tertiary/aromatic N) is 1. The lowest BCUT2D eigenvalue weighted by molar-refractivity contribution is 0.0419. The third-order valence-corrected chi connectivity index (χ3v) is 3.48. The van der Waals surface area contributed by atoms with Crippen molar-refractivity contribution in [2.24, 2.45) is 5.92 Å². The first kappa shape index (κ1) is 14.9. The van der Waals surface area contributed by atoms with Crippen molar-refractivity contribution in [2.45, 2.75) is 32.8 Å². The summed E-state index contributed by atoms with van der Waals surface area (Å²) >= 11 is 0. The van der Waals surface area contributed by atoms with Crippen LogP contribution in [0.4, 0.5) is 0 Å². The van der Waals surface area contributed by atoms with Crippen molar-refractivity contribution < 1.29 is 9.84 Å². The summed E-state index contributed by atoms with van der Waals surface area (Å²) in [6.45, 7) is 10.6. The fourth-order valence-corrected chi connectivity index (χ4v) is 2.27. The van der Waals surface area contributed by atoms with E-state index in [0.29, 0.717) is 19.8 Å². The molecule has 1 fully saturated rings. The number of hydrogen-bond acceptors (Lipinski definition) is 4. The molecule has 17 heavy (non-hydrogen) atoms. The molecule has 1 rings (SSSR count). The second-order valence-corrected chi connectivity index (χ2v) is 4.85. The molecule has 0 aromatic rings. The fourth-order valence-electron chi connectivity index (χ4n) is 2.27. The van der Waals surface area contributed by atoms with Crippen LogP contribution in [0.5, 0.6) is 0 Å². The molecule has 0 radical (unpaired) electrons. The van der Waals surface area contributed by atoms with Crippen molar-refractivity contribution in [1.82, 2.24) is 10.2 Å². The van der Waals surface area contributed by atoms with Gasteiger partial charge in [-0.2, -0.15) is 0 Å². The van der Waals surface area contributed by atoms with Crippen molar-refractivity contribution >= 4 is 0 Å². The quantitative estimate of drug-likeness (QED) is 0.660. The summed E-state index contributed by atoms with van der Waals surface area (Å²) in [6, 6.07) is 0. The van der Waals surface area contributed by atoms with E-state index in [0.717, 1.165) is 12.5 Å². The summed E-state index contributed by atoms with van der Waals surface area (Å²) in [5, 5.41) is 12.9. The standard InChI is InChI=1S/C13H28N2O2/c1-3-15-7-5-12(6-8-15)9-14-10-13(16)11-17-4-2/h12-14,16H,3-11H2,1-2H3. The zero-order chi connectivity index (χ0) is 12.5. The van der Waals surface area contributed by atoms with Crippen molar-refractivity contribution in [3.05, 3.63) is 0 Å². The minimum atomic E-state index is -0.370. The monoisotopic (exact) mass is 244 g/mol. The van der Waals surface area contributed by atoms with Crippen LogP contribution in [0.1, 0.15) is 26.7 Å². The third kappa shape index (κ3) is 6.36. The minimum absolute atomic E-state index is 0.370. The van der Waals surface area contributed by atoms with Crippen LogP contribution < -0.4 is 5.32 Å². The van der Waals surface area contributed by atoms with Crippen LogP contribution in [0.3, 0.4) is 0 Å². The lowest BCUT2D eigenvalue weighted by atomic mass is 9.97. The van der Waals surface area contributed by atoms with Crippen LogP contribution in [-0.2, 0) is 4.74 Å². The minimum Gasteiger partial charge on any atom is -0.389 e. The Morgan fingerprint density at radius 2 is 2.06 bits per heavy atom. The summed E-state index contributed by atoms with van der Waals surface area (Å²) in [7, 11) is 0. The molecule has 0 aromatic heterocycles. The average Bonchev–Trinajstić information content (AvgIpc) is 2.37. The van der Waals surface area contributed by atoms with E-state index in [-0.39, 0.29) is 6.10 Å². The Bertz CT molecular complexity index is 182. The van der Waals surface area contributed by atoms with E-state index in [9.17, 15) is 5.11 Å². The van der Waals surface area contributed by atoms with Gasteiger partial charge in [-0.15, -0.1) is 0 Å². The van der Waals surface area contributed by atoms with E-state index in [4.69, 9.17) is 4.74 Å². The number of aliphatic hydroxyl groups excluding tert-OH is 1. The van der Waals surface area contributed by atoms with Gasteiger partial charge in [-0.3, -0.25) is 0 Å². The molecular formula is C13H28N2O2. The molecule has 0 aliphatic carbocycles. The van der Waals surface area contributed by atoms with E-state index >= 15 is 0 Å². The van der Waals surface area contributed by atoms with Crippen LogP contribution in [-0.4, -0.2) is 62.0 Å². The van der Waals surface area contributed by atoms with Crippen molar-refractivity contribution in [2.75, 3.05) is 45.9 Å². The Hall–Kier alpha value is -0.160. The first-order valence-electron chi connectivity index (χ1n) is 6.95. The summed E-state index contributed by atoms with van der Waals surface area (Å²) in [4.78, 5) is 2.50. The van der Waals surface area contributed by atoms with Crippen LogP contribution in [0, 0.1) is 5.92 Å². The van der Waals surface area contributed by atoms with E-state index < -0.39 is 0 Å². The molecule has 0 amide bonds. The molecule has 0 saturated carbocycles. The SMILES string of the molecule is CCOCC(O)CNCC1CCN(CC)CC1. The molecule has 4 heteroatoms. The molecule has 1 unspecified atom stereocenters. The first-order chi connectivity index (χ1) is 8.26. The number of hydrogen-bond donors (Lipinski definition) is 2. The largest absolute Gasteiger partial charge is 0.389 e. The second kappa shape index (κ2) is 8.86. The maximum absolute atomic E-state index is 9.59. The zero-order valence-electron chi connectivity index (χ0n) is 11.3. The molecule has 1 heterocycles. The highest BCUT2D eigenvalue weighted by molar-refractivity contribution is 4.73. The number of nitrogens with one attached hydrogen (secondary N) is 1. The van der Waals surface area contributed by atoms with Gasteiger partial charge in [0, 0.05) is 13.2 Å².